The average Bonchev–Trinajstić information content (AvgIpc) is 2.97. The van der Waals surface area contributed by atoms with Crippen molar-refractivity contribution in [2.24, 2.45) is 11.8 Å². The largest absolute Gasteiger partial charge is 0.352 e. The van der Waals surface area contributed by atoms with Crippen molar-refractivity contribution in [3.05, 3.63) is 33.9 Å². The number of hydrogen-bond donors (Lipinski definition) is 3. The standard InChI is InChI=1S/C12H16N4O3S/c13-15-11-9(2-1-3-10(11)16(18)19)12(17)14-6-8-4-5-20-7-8/h1-3,8,15H,4-7,13H2,(H,14,17). The Morgan fingerprint density at radius 3 is 2.95 bits per heavy atom. The molecule has 1 heterocycles. The van der Waals surface area contributed by atoms with Gasteiger partial charge in [0.25, 0.3) is 11.6 Å². The summed E-state index contributed by atoms with van der Waals surface area (Å²) in [4.78, 5) is 22.4. The number of hydrogen-bond acceptors (Lipinski definition) is 6. The fourth-order valence-corrected chi connectivity index (χ4v) is 3.39. The molecule has 1 atom stereocenters. The Balaban J connectivity index is 2.12. The van der Waals surface area contributed by atoms with Gasteiger partial charge in [0.05, 0.1) is 10.5 Å². The molecule has 1 saturated heterocycles. The molecule has 0 aromatic heterocycles. The Bertz CT molecular complexity index is 517. The highest BCUT2D eigenvalue weighted by Gasteiger charge is 2.22. The van der Waals surface area contributed by atoms with Crippen LogP contribution in [-0.2, 0) is 0 Å². The number of nitrogen functional groups attached to an aromatic ring is 1. The van der Waals surface area contributed by atoms with Crippen molar-refractivity contribution >= 4 is 29.0 Å². The van der Waals surface area contributed by atoms with Gasteiger partial charge in [-0.25, -0.2) is 0 Å². The predicted molar refractivity (Wildman–Crippen MR) is 78.7 cm³/mol. The summed E-state index contributed by atoms with van der Waals surface area (Å²) in [7, 11) is 0. The molecule has 0 radical (unpaired) electrons. The minimum absolute atomic E-state index is 0.0378. The molecule has 0 spiro atoms. The lowest BCUT2D eigenvalue weighted by Gasteiger charge is -2.12. The lowest BCUT2D eigenvalue weighted by atomic mass is 10.1. The molecule has 108 valence electrons. The quantitative estimate of drug-likeness (QED) is 0.430. The maximum atomic E-state index is 12.1. The summed E-state index contributed by atoms with van der Waals surface area (Å²) in [5.41, 5.74) is 2.26. The van der Waals surface area contributed by atoms with Gasteiger partial charge in [-0.1, -0.05) is 6.07 Å². The van der Waals surface area contributed by atoms with Crippen LogP contribution in [0, 0.1) is 16.0 Å². The number of nitrogens with one attached hydrogen (secondary N) is 2. The number of carbonyl (C=O) groups is 1. The number of nitro groups is 1. The second-order valence-corrected chi connectivity index (χ2v) is 5.69. The number of benzene rings is 1. The van der Waals surface area contributed by atoms with Crippen LogP contribution in [0.1, 0.15) is 16.8 Å². The van der Waals surface area contributed by atoms with E-state index in [4.69, 9.17) is 5.84 Å². The van der Waals surface area contributed by atoms with Crippen molar-refractivity contribution in [1.29, 1.82) is 0 Å². The van der Waals surface area contributed by atoms with Crippen LogP contribution in [0.25, 0.3) is 0 Å². The molecule has 8 heteroatoms. The van der Waals surface area contributed by atoms with Crippen molar-refractivity contribution in [1.82, 2.24) is 5.32 Å². The van der Waals surface area contributed by atoms with Crippen LogP contribution in [0.5, 0.6) is 0 Å². The van der Waals surface area contributed by atoms with Crippen LogP contribution < -0.4 is 16.6 Å². The van der Waals surface area contributed by atoms with Gasteiger partial charge in [-0.15, -0.1) is 0 Å². The van der Waals surface area contributed by atoms with Crippen LogP contribution in [-0.4, -0.2) is 28.9 Å². The lowest BCUT2D eigenvalue weighted by Crippen LogP contribution is -2.30. The second kappa shape index (κ2) is 6.58. The van der Waals surface area contributed by atoms with Gasteiger partial charge in [0.1, 0.15) is 5.69 Å². The molecule has 7 nitrogen and oxygen atoms in total. The number of amides is 1. The zero-order valence-electron chi connectivity index (χ0n) is 10.8. The molecular weight excluding hydrogens is 280 g/mol. The van der Waals surface area contributed by atoms with E-state index in [0.29, 0.717) is 12.5 Å². The third-order valence-electron chi connectivity index (χ3n) is 3.20. The maximum Gasteiger partial charge on any atom is 0.294 e. The molecule has 1 aliphatic rings. The average molecular weight is 296 g/mol. The number of nitro benzene ring substituents is 1. The van der Waals surface area contributed by atoms with Gasteiger partial charge in [0.2, 0.25) is 0 Å². The van der Waals surface area contributed by atoms with Crippen molar-refractivity contribution in [2.45, 2.75) is 6.42 Å². The van der Waals surface area contributed by atoms with Crippen LogP contribution in [0.4, 0.5) is 11.4 Å². The minimum atomic E-state index is -0.570. The fourth-order valence-electron chi connectivity index (χ4n) is 2.11. The van der Waals surface area contributed by atoms with E-state index in [1.807, 2.05) is 11.8 Å². The zero-order valence-corrected chi connectivity index (χ0v) is 11.6. The first kappa shape index (κ1) is 14.6. The highest BCUT2D eigenvalue weighted by molar-refractivity contribution is 7.99. The third-order valence-corrected chi connectivity index (χ3v) is 4.43. The number of thioether (sulfide) groups is 1. The molecule has 4 N–H and O–H groups in total. The molecule has 1 amide bonds. The van der Waals surface area contributed by atoms with E-state index in [1.54, 1.807) is 0 Å². The summed E-state index contributed by atoms with van der Waals surface area (Å²) in [6.07, 6.45) is 1.09. The van der Waals surface area contributed by atoms with Gasteiger partial charge in [-0.3, -0.25) is 20.8 Å². The first-order valence-corrected chi connectivity index (χ1v) is 7.39. The summed E-state index contributed by atoms with van der Waals surface area (Å²) in [5, 5.41) is 13.7. The lowest BCUT2D eigenvalue weighted by molar-refractivity contribution is -0.384. The van der Waals surface area contributed by atoms with Gasteiger partial charge < -0.3 is 10.7 Å². The highest BCUT2D eigenvalue weighted by atomic mass is 32.2. The molecule has 1 aliphatic heterocycles. The molecule has 1 aromatic carbocycles. The smallest absolute Gasteiger partial charge is 0.294 e. The molecule has 2 rings (SSSR count). The van der Waals surface area contributed by atoms with Gasteiger partial charge in [0, 0.05) is 12.6 Å². The Morgan fingerprint density at radius 1 is 1.55 bits per heavy atom. The summed E-state index contributed by atoms with van der Waals surface area (Å²) in [6, 6.07) is 4.29. The van der Waals surface area contributed by atoms with E-state index in [1.165, 1.54) is 18.2 Å². The maximum absolute atomic E-state index is 12.1. The minimum Gasteiger partial charge on any atom is -0.352 e. The highest BCUT2D eigenvalue weighted by Crippen LogP contribution is 2.27. The van der Waals surface area contributed by atoms with Crippen molar-refractivity contribution < 1.29 is 9.72 Å². The van der Waals surface area contributed by atoms with E-state index in [9.17, 15) is 14.9 Å². The first-order chi connectivity index (χ1) is 9.63. The molecule has 1 aromatic rings. The van der Waals surface area contributed by atoms with Gasteiger partial charge >= 0.3 is 0 Å². The van der Waals surface area contributed by atoms with Crippen LogP contribution in [0.2, 0.25) is 0 Å². The van der Waals surface area contributed by atoms with E-state index < -0.39 is 4.92 Å². The zero-order chi connectivity index (χ0) is 14.5. The van der Waals surface area contributed by atoms with E-state index in [0.717, 1.165) is 17.9 Å². The summed E-state index contributed by atoms with van der Waals surface area (Å²) < 4.78 is 0. The van der Waals surface area contributed by atoms with Crippen LogP contribution >= 0.6 is 11.8 Å². The summed E-state index contributed by atoms with van der Waals surface area (Å²) >= 11 is 1.87. The Hall–Kier alpha value is -1.80. The Kier molecular flexibility index (Phi) is 4.80. The Labute approximate surface area is 120 Å². The van der Waals surface area contributed by atoms with Crippen molar-refractivity contribution in [3.8, 4) is 0 Å². The van der Waals surface area contributed by atoms with Gasteiger partial charge in [-0.2, -0.15) is 11.8 Å². The molecular formula is C12H16N4O3S. The van der Waals surface area contributed by atoms with Crippen LogP contribution in [0.15, 0.2) is 18.2 Å². The third kappa shape index (κ3) is 3.20. The number of nitrogens with two attached hydrogens (primary N) is 1. The summed E-state index contributed by atoms with van der Waals surface area (Å²) in [5.74, 6) is 7.59. The number of anilines is 1. The normalized spacial score (nSPS) is 17.8. The number of rotatable bonds is 5. The Morgan fingerprint density at radius 2 is 2.35 bits per heavy atom. The second-order valence-electron chi connectivity index (χ2n) is 4.54. The molecule has 1 unspecified atom stereocenters. The molecule has 0 aliphatic carbocycles. The van der Waals surface area contributed by atoms with Crippen molar-refractivity contribution in [3.63, 3.8) is 0 Å². The number of para-hydroxylation sites is 1. The monoisotopic (exact) mass is 296 g/mol. The molecule has 20 heavy (non-hydrogen) atoms. The van der Waals surface area contributed by atoms with Crippen LogP contribution in [0.3, 0.4) is 0 Å². The topological polar surface area (TPSA) is 110 Å². The van der Waals surface area contributed by atoms with Gasteiger partial charge in [-0.05, 0) is 29.9 Å². The summed E-state index contributed by atoms with van der Waals surface area (Å²) in [6.45, 7) is 0.582. The number of nitrogens with zero attached hydrogens (tertiary/aromatic N) is 1. The van der Waals surface area contributed by atoms with E-state index in [-0.39, 0.29) is 22.8 Å². The van der Waals surface area contributed by atoms with E-state index >= 15 is 0 Å². The number of hydrazine groups is 1. The molecule has 0 bridgehead atoms. The van der Waals surface area contributed by atoms with E-state index in [2.05, 4.69) is 10.7 Å². The van der Waals surface area contributed by atoms with Gasteiger partial charge in [0.15, 0.2) is 0 Å². The first-order valence-electron chi connectivity index (χ1n) is 6.23. The predicted octanol–water partition coefficient (Wildman–Crippen LogP) is 1.36. The molecule has 0 saturated carbocycles. The SMILES string of the molecule is NNc1c(C(=O)NCC2CCSC2)cccc1[N+](=O)[O-]. The fraction of sp³-hybridized carbons (Fsp3) is 0.417. The molecule has 1 fully saturated rings. The number of carbonyl (C=O) groups excluding carboxylic acids is 1. The van der Waals surface area contributed by atoms with Crippen molar-refractivity contribution in [2.75, 3.05) is 23.5 Å².